The summed E-state index contributed by atoms with van der Waals surface area (Å²) in [5, 5.41) is 0. The molecular weight excluding hydrogens is 190 g/mol. The van der Waals surface area contributed by atoms with E-state index < -0.39 is 0 Å². The van der Waals surface area contributed by atoms with Crippen molar-refractivity contribution in [2.75, 3.05) is 46.9 Å². The van der Waals surface area contributed by atoms with Crippen LogP contribution in [0.4, 0.5) is 0 Å². The van der Waals surface area contributed by atoms with E-state index in [2.05, 4.69) is 23.9 Å². The number of rotatable bonds is 5. The molecule has 1 aliphatic rings. The van der Waals surface area contributed by atoms with Gasteiger partial charge in [-0.2, -0.15) is 0 Å². The summed E-state index contributed by atoms with van der Waals surface area (Å²) < 4.78 is 5.62. The van der Waals surface area contributed by atoms with E-state index in [4.69, 9.17) is 10.5 Å². The molecule has 1 saturated heterocycles. The van der Waals surface area contributed by atoms with Crippen molar-refractivity contribution in [3.05, 3.63) is 0 Å². The van der Waals surface area contributed by atoms with Crippen LogP contribution in [0.15, 0.2) is 0 Å². The van der Waals surface area contributed by atoms with Gasteiger partial charge in [0.15, 0.2) is 0 Å². The van der Waals surface area contributed by atoms with Gasteiger partial charge < -0.3 is 15.4 Å². The number of nitrogens with two attached hydrogens (primary N) is 1. The number of nitrogens with zero attached hydrogens (tertiary/aromatic N) is 2. The lowest BCUT2D eigenvalue weighted by Gasteiger charge is -2.34. The smallest absolute Gasteiger partial charge is 0.0850 e. The van der Waals surface area contributed by atoms with Crippen molar-refractivity contribution < 1.29 is 4.74 Å². The van der Waals surface area contributed by atoms with Gasteiger partial charge in [0.25, 0.3) is 0 Å². The van der Waals surface area contributed by atoms with E-state index in [1.54, 1.807) is 0 Å². The quantitative estimate of drug-likeness (QED) is 0.700. The maximum Gasteiger partial charge on any atom is 0.0850 e. The molecule has 0 radical (unpaired) electrons. The predicted molar refractivity (Wildman–Crippen MR) is 63.0 cm³/mol. The lowest BCUT2D eigenvalue weighted by Crippen LogP contribution is -2.49. The molecule has 0 aromatic heterocycles. The molecular formula is C11H25N3O. The maximum atomic E-state index is 5.85. The molecule has 2 atom stereocenters. The Morgan fingerprint density at radius 1 is 1.53 bits per heavy atom. The molecule has 1 aliphatic heterocycles. The Labute approximate surface area is 93.4 Å². The predicted octanol–water partition coefficient (Wildman–Crippen LogP) is -0.0139. The Kier molecular flexibility index (Phi) is 5.53. The average Bonchev–Trinajstić information content (AvgIpc) is 2.17. The third-order valence-electron chi connectivity index (χ3n) is 2.84. The first-order chi connectivity index (χ1) is 7.09. The van der Waals surface area contributed by atoms with Gasteiger partial charge in [0.1, 0.15) is 0 Å². The largest absolute Gasteiger partial charge is 0.374 e. The molecule has 0 saturated carbocycles. The van der Waals surface area contributed by atoms with E-state index in [-0.39, 0.29) is 12.1 Å². The summed E-state index contributed by atoms with van der Waals surface area (Å²) in [6.45, 7) is 7.20. The first-order valence-electron chi connectivity index (χ1n) is 5.84. The van der Waals surface area contributed by atoms with E-state index in [1.165, 1.54) is 6.42 Å². The van der Waals surface area contributed by atoms with Crippen molar-refractivity contribution in [1.29, 1.82) is 0 Å². The average molecular weight is 215 g/mol. The van der Waals surface area contributed by atoms with Crippen LogP contribution >= 0.6 is 0 Å². The first kappa shape index (κ1) is 12.9. The summed E-state index contributed by atoms with van der Waals surface area (Å²) >= 11 is 0. The maximum absolute atomic E-state index is 5.85. The Hall–Kier alpha value is -0.160. The van der Waals surface area contributed by atoms with Crippen LogP contribution in [0.3, 0.4) is 0 Å². The van der Waals surface area contributed by atoms with Crippen molar-refractivity contribution in [2.24, 2.45) is 5.73 Å². The fourth-order valence-corrected chi connectivity index (χ4v) is 1.86. The number of ether oxygens (including phenoxy) is 1. The van der Waals surface area contributed by atoms with Crippen LogP contribution in [0.1, 0.15) is 13.3 Å². The second kappa shape index (κ2) is 6.43. The minimum absolute atomic E-state index is 0.140. The summed E-state index contributed by atoms with van der Waals surface area (Å²) in [5.41, 5.74) is 5.85. The van der Waals surface area contributed by atoms with Crippen LogP contribution in [0.2, 0.25) is 0 Å². The Morgan fingerprint density at radius 2 is 2.27 bits per heavy atom. The fourth-order valence-electron chi connectivity index (χ4n) is 1.86. The topological polar surface area (TPSA) is 41.7 Å². The van der Waals surface area contributed by atoms with E-state index in [1.807, 2.05) is 6.92 Å². The van der Waals surface area contributed by atoms with Gasteiger partial charge in [-0.05, 0) is 40.5 Å². The van der Waals surface area contributed by atoms with Crippen LogP contribution in [0, 0.1) is 0 Å². The zero-order chi connectivity index (χ0) is 11.3. The van der Waals surface area contributed by atoms with Crippen LogP contribution in [0.25, 0.3) is 0 Å². The molecule has 0 spiro atoms. The SMILES string of the molecule is CC(N)C1CN(CCCN(C)C)CCO1. The van der Waals surface area contributed by atoms with Gasteiger partial charge in [-0.25, -0.2) is 0 Å². The summed E-state index contributed by atoms with van der Waals surface area (Å²) in [7, 11) is 4.23. The van der Waals surface area contributed by atoms with Gasteiger partial charge in [-0.1, -0.05) is 0 Å². The zero-order valence-corrected chi connectivity index (χ0v) is 10.3. The molecule has 90 valence electrons. The van der Waals surface area contributed by atoms with Crippen molar-refractivity contribution in [3.63, 3.8) is 0 Å². The summed E-state index contributed by atoms with van der Waals surface area (Å²) in [4.78, 5) is 4.69. The van der Waals surface area contributed by atoms with Crippen molar-refractivity contribution in [1.82, 2.24) is 9.80 Å². The molecule has 1 heterocycles. The first-order valence-corrected chi connectivity index (χ1v) is 5.84. The minimum atomic E-state index is 0.140. The lowest BCUT2D eigenvalue weighted by atomic mass is 10.1. The third-order valence-corrected chi connectivity index (χ3v) is 2.84. The Morgan fingerprint density at radius 3 is 2.87 bits per heavy atom. The summed E-state index contributed by atoms with van der Waals surface area (Å²) in [6.07, 6.45) is 1.44. The second-order valence-corrected chi connectivity index (χ2v) is 4.73. The molecule has 0 aromatic carbocycles. The molecule has 4 nitrogen and oxygen atoms in total. The van der Waals surface area contributed by atoms with E-state index in [9.17, 15) is 0 Å². The summed E-state index contributed by atoms with van der Waals surface area (Å²) in [6, 6.07) is 0.140. The third kappa shape index (κ3) is 4.93. The van der Waals surface area contributed by atoms with E-state index >= 15 is 0 Å². The molecule has 1 fully saturated rings. The van der Waals surface area contributed by atoms with Gasteiger partial charge in [-0.15, -0.1) is 0 Å². The highest BCUT2D eigenvalue weighted by Crippen LogP contribution is 2.08. The van der Waals surface area contributed by atoms with Gasteiger partial charge in [0.2, 0.25) is 0 Å². The molecule has 2 unspecified atom stereocenters. The standard InChI is InChI=1S/C11H25N3O/c1-10(12)11-9-14(7-8-15-11)6-4-5-13(2)3/h10-11H,4-9,12H2,1-3H3. The highest BCUT2D eigenvalue weighted by Gasteiger charge is 2.22. The van der Waals surface area contributed by atoms with Gasteiger partial charge in [-0.3, -0.25) is 4.90 Å². The second-order valence-electron chi connectivity index (χ2n) is 4.73. The van der Waals surface area contributed by atoms with Crippen molar-refractivity contribution >= 4 is 0 Å². The van der Waals surface area contributed by atoms with Gasteiger partial charge >= 0.3 is 0 Å². The van der Waals surface area contributed by atoms with E-state index in [0.717, 1.165) is 32.8 Å². The molecule has 0 bridgehead atoms. The molecule has 0 amide bonds. The lowest BCUT2D eigenvalue weighted by molar-refractivity contribution is -0.0381. The van der Waals surface area contributed by atoms with Crippen LogP contribution in [-0.2, 0) is 4.74 Å². The van der Waals surface area contributed by atoms with Gasteiger partial charge in [0.05, 0.1) is 12.7 Å². The van der Waals surface area contributed by atoms with Crippen LogP contribution in [-0.4, -0.2) is 68.8 Å². The molecule has 0 aromatic rings. The molecule has 0 aliphatic carbocycles. The highest BCUT2D eigenvalue weighted by molar-refractivity contribution is 4.77. The number of hydrogen-bond acceptors (Lipinski definition) is 4. The highest BCUT2D eigenvalue weighted by atomic mass is 16.5. The minimum Gasteiger partial charge on any atom is -0.374 e. The van der Waals surface area contributed by atoms with Crippen molar-refractivity contribution in [2.45, 2.75) is 25.5 Å². The molecule has 2 N–H and O–H groups in total. The number of hydrogen-bond donors (Lipinski definition) is 1. The normalized spacial score (nSPS) is 25.8. The molecule has 4 heteroatoms. The summed E-state index contributed by atoms with van der Waals surface area (Å²) in [5.74, 6) is 0. The van der Waals surface area contributed by atoms with Crippen molar-refractivity contribution in [3.8, 4) is 0 Å². The number of morpholine rings is 1. The van der Waals surface area contributed by atoms with Crippen LogP contribution < -0.4 is 5.73 Å². The molecule has 15 heavy (non-hydrogen) atoms. The Bertz CT molecular complexity index is 173. The zero-order valence-electron chi connectivity index (χ0n) is 10.3. The molecule has 1 rings (SSSR count). The van der Waals surface area contributed by atoms with Crippen LogP contribution in [0.5, 0.6) is 0 Å². The van der Waals surface area contributed by atoms with Gasteiger partial charge in [0, 0.05) is 19.1 Å². The fraction of sp³-hybridized carbons (Fsp3) is 1.00. The monoisotopic (exact) mass is 215 g/mol. The Balaban J connectivity index is 2.18. The van der Waals surface area contributed by atoms with E-state index in [0.29, 0.717) is 0 Å².